The van der Waals surface area contributed by atoms with Gasteiger partial charge in [-0.1, -0.05) is 18.1 Å². The Bertz CT molecular complexity index is 749. The molecular formula is C19H24N2O2. The quantitative estimate of drug-likeness (QED) is 0.926. The number of furan rings is 1. The summed E-state index contributed by atoms with van der Waals surface area (Å²) in [6.45, 7) is 6.82. The average Bonchev–Trinajstić information content (AvgIpc) is 2.62. The van der Waals surface area contributed by atoms with Crippen LogP contribution in [0.2, 0.25) is 0 Å². The molecule has 2 atom stereocenters. The lowest BCUT2D eigenvalue weighted by Crippen LogP contribution is -2.38. The number of rotatable bonds is 2. The van der Waals surface area contributed by atoms with Crippen LogP contribution in [0.25, 0.3) is 11.0 Å². The predicted molar refractivity (Wildman–Crippen MR) is 90.2 cm³/mol. The topological polar surface area (TPSA) is 45.5 Å². The van der Waals surface area contributed by atoms with Crippen molar-refractivity contribution < 1.29 is 9.21 Å². The Morgan fingerprint density at radius 1 is 1.26 bits per heavy atom. The van der Waals surface area contributed by atoms with E-state index in [-0.39, 0.29) is 11.8 Å². The van der Waals surface area contributed by atoms with Crippen molar-refractivity contribution in [1.29, 1.82) is 0 Å². The minimum Gasteiger partial charge on any atom is -0.459 e. The van der Waals surface area contributed by atoms with Gasteiger partial charge in [-0.3, -0.25) is 9.69 Å². The second kappa shape index (κ2) is 5.68. The van der Waals surface area contributed by atoms with Crippen LogP contribution >= 0.6 is 0 Å². The van der Waals surface area contributed by atoms with Gasteiger partial charge in [-0.05, 0) is 44.4 Å². The van der Waals surface area contributed by atoms with Gasteiger partial charge in [0.05, 0.1) is 12.5 Å². The van der Waals surface area contributed by atoms with Gasteiger partial charge in [0.1, 0.15) is 11.3 Å². The molecular weight excluding hydrogens is 288 g/mol. The minimum absolute atomic E-state index is 0.134. The lowest BCUT2D eigenvalue weighted by Gasteiger charge is -2.26. The number of carbonyl (C=O) groups is 1. The van der Waals surface area contributed by atoms with Crippen molar-refractivity contribution in [2.45, 2.75) is 45.7 Å². The van der Waals surface area contributed by atoms with E-state index in [4.69, 9.17) is 4.42 Å². The minimum atomic E-state index is 0.134. The molecule has 2 saturated heterocycles. The Morgan fingerprint density at radius 3 is 3.00 bits per heavy atom. The zero-order valence-corrected chi connectivity index (χ0v) is 13.9. The third-order valence-electron chi connectivity index (χ3n) is 5.34. The lowest BCUT2D eigenvalue weighted by molar-refractivity contribution is -0.124. The van der Waals surface area contributed by atoms with E-state index in [0.29, 0.717) is 6.04 Å². The van der Waals surface area contributed by atoms with E-state index < -0.39 is 0 Å². The molecule has 2 aliphatic rings. The van der Waals surface area contributed by atoms with E-state index in [1.807, 2.05) is 0 Å². The van der Waals surface area contributed by atoms with E-state index in [2.05, 4.69) is 42.3 Å². The molecule has 122 valence electrons. The van der Waals surface area contributed by atoms with Crippen LogP contribution in [0.4, 0.5) is 0 Å². The van der Waals surface area contributed by atoms with E-state index in [0.717, 1.165) is 50.2 Å². The van der Waals surface area contributed by atoms with Crippen LogP contribution < -0.4 is 5.32 Å². The Labute approximate surface area is 136 Å². The number of hydrogen-bond acceptors (Lipinski definition) is 3. The molecule has 1 aromatic heterocycles. The first-order valence-electron chi connectivity index (χ1n) is 8.61. The second-order valence-electron chi connectivity index (χ2n) is 7.18. The van der Waals surface area contributed by atoms with Crippen molar-refractivity contribution in [2.24, 2.45) is 5.92 Å². The normalized spacial score (nSPS) is 25.4. The molecule has 0 spiro atoms. The monoisotopic (exact) mass is 312 g/mol. The summed E-state index contributed by atoms with van der Waals surface area (Å²) in [7, 11) is 0. The molecule has 4 nitrogen and oxygen atoms in total. The number of fused-ring (bicyclic) bond motifs is 4. The highest BCUT2D eigenvalue weighted by Gasteiger charge is 2.33. The number of nitrogens with one attached hydrogen (secondary N) is 1. The van der Waals surface area contributed by atoms with Crippen LogP contribution in [-0.2, 0) is 11.3 Å². The number of nitrogens with zero attached hydrogens (tertiary/aromatic N) is 1. The number of carbonyl (C=O) groups excluding carboxylic acids is 1. The van der Waals surface area contributed by atoms with Crippen molar-refractivity contribution in [1.82, 2.24) is 10.2 Å². The van der Waals surface area contributed by atoms with Gasteiger partial charge in [0, 0.05) is 24.5 Å². The highest BCUT2D eigenvalue weighted by molar-refractivity contribution is 5.82. The van der Waals surface area contributed by atoms with Gasteiger partial charge < -0.3 is 9.73 Å². The summed E-state index contributed by atoms with van der Waals surface area (Å²) in [6, 6.07) is 6.64. The number of amides is 1. The molecule has 1 N–H and O–H groups in total. The maximum absolute atomic E-state index is 12.2. The number of benzene rings is 1. The van der Waals surface area contributed by atoms with Crippen LogP contribution in [0.1, 0.15) is 36.1 Å². The molecule has 4 heteroatoms. The average molecular weight is 312 g/mol. The number of likely N-dealkylation sites (tertiary alicyclic amines) is 1. The van der Waals surface area contributed by atoms with Crippen molar-refractivity contribution in [2.75, 3.05) is 13.1 Å². The Kier molecular flexibility index (Phi) is 3.64. The molecule has 23 heavy (non-hydrogen) atoms. The summed E-state index contributed by atoms with van der Waals surface area (Å²) in [5.74, 6) is 1.42. The zero-order valence-electron chi connectivity index (χ0n) is 13.9. The number of aryl methyl sites for hydroxylation is 2. The molecule has 1 aromatic carbocycles. The fourth-order valence-corrected chi connectivity index (χ4v) is 4.01. The van der Waals surface area contributed by atoms with E-state index in [1.54, 1.807) is 0 Å². The van der Waals surface area contributed by atoms with E-state index in [9.17, 15) is 4.79 Å². The highest BCUT2D eigenvalue weighted by atomic mass is 16.3. The predicted octanol–water partition coefficient (Wildman–Crippen LogP) is 3.15. The molecule has 0 aliphatic carbocycles. The molecule has 2 bridgehead atoms. The molecule has 2 fully saturated rings. The summed E-state index contributed by atoms with van der Waals surface area (Å²) >= 11 is 0. The Morgan fingerprint density at radius 2 is 2.13 bits per heavy atom. The first-order valence-corrected chi connectivity index (χ1v) is 8.61. The van der Waals surface area contributed by atoms with Gasteiger partial charge in [0.25, 0.3) is 0 Å². The van der Waals surface area contributed by atoms with Gasteiger partial charge >= 0.3 is 0 Å². The summed E-state index contributed by atoms with van der Waals surface area (Å²) in [5, 5.41) is 4.41. The summed E-state index contributed by atoms with van der Waals surface area (Å²) in [6.07, 6.45) is 3.26. The zero-order chi connectivity index (χ0) is 16.0. The molecule has 1 amide bonds. The highest BCUT2D eigenvalue weighted by Crippen LogP contribution is 2.29. The molecule has 2 aliphatic heterocycles. The van der Waals surface area contributed by atoms with Crippen molar-refractivity contribution in [3.8, 4) is 0 Å². The van der Waals surface area contributed by atoms with Gasteiger partial charge in [-0.2, -0.15) is 0 Å². The molecule has 0 saturated carbocycles. The smallest absolute Gasteiger partial charge is 0.224 e. The molecule has 4 rings (SSSR count). The van der Waals surface area contributed by atoms with E-state index >= 15 is 0 Å². The molecule has 0 radical (unpaired) electrons. The van der Waals surface area contributed by atoms with Crippen molar-refractivity contribution in [3.05, 3.63) is 35.1 Å². The van der Waals surface area contributed by atoms with Gasteiger partial charge in [0.2, 0.25) is 5.91 Å². The van der Waals surface area contributed by atoms with Gasteiger partial charge in [-0.25, -0.2) is 0 Å². The van der Waals surface area contributed by atoms with Crippen molar-refractivity contribution in [3.63, 3.8) is 0 Å². The van der Waals surface area contributed by atoms with Crippen LogP contribution in [0.3, 0.4) is 0 Å². The molecule has 3 heterocycles. The maximum Gasteiger partial charge on any atom is 0.224 e. The van der Waals surface area contributed by atoms with Crippen LogP contribution in [0.15, 0.2) is 22.6 Å². The summed E-state index contributed by atoms with van der Waals surface area (Å²) in [4.78, 5) is 14.6. The molecule has 2 aromatic rings. The van der Waals surface area contributed by atoms with Gasteiger partial charge in [-0.15, -0.1) is 0 Å². The third-order valence-corrected chi connectivity index (χ3v) is 5.34. The summed E-state index contributed by atoms with van der Waals surface area (Å²) < 4.78 is 6.10. The van der Waals surface area contributed by atoms with Crippen LogP contribution in [0, 0.1) is 19.8 Å². The largest absolute Gasteiger partial charge is 0.459 e. The first-order chi connectivity index (χ1) is 11.1. The number of hydrogen-bond donors (Lipinski definition) is 1. The maximum atomic E-state index is 12.2. The Hall–Kier alpha value is -1.81. The van der Waals surface area contributed by atoms with Gasteiger partial charge in [0.15, 0.2) is 0 Å². The first kappa shape index (κ1) is 14.8. The fraction of sp³-hybridized carbons (Fsp3) is 0.526. The van der Waals surface area contributed by atoms with Crippen LogP contribution in [0.5, 0.6) is 0 Å². The van der Waals surface area contributed by atoms with Crippen LogP contribution in [-0.4, -0.2) is 29.9 Å². The SMILES string of the molecule is Cc1ccc2oc(CN3C[C@@H]4CCC[C@H](C3)C(=O)N4)c(C)c2c1. The van der Waals surface area contributed by atoms with Crippen molar-refractivity contribution >= 4 is 16.9 Å². The van der Waals surface area contributed by atoms with E-state index in [1.165, 1.54) is 16.5 Å². The molecule has 0 unspecified atom stereocenters. The second-order valence-corrected chi connectivity index (χ2v) is 7.18. The fourth-order valence-electron chi connectivity index (χ4n) is 4.01. The standard InChI is InChI=1S/C19H24N2O2/c1-12-6-7-17-16(8-12)13(2)18(23-17)11-21-9-14-4-3-5-15(10-21)20-19(14)22/h6-8,14-15H,3-5,9-11H2,1-2H3,(H,20,22)/t14-,15+/m1/s1. The third kappa shape index (κ3) is 2.76. The lowest BCUT2D eigenvalue weighted by atomic mass is 9.99. The summed E-state index contributed by atoms with van der Waals surface area (Å²) in [5.41, 5.74) is 3.46. The Balaban J connectivity index is 1.60.